The summed E-state index contributed by atoms with van der Waals surface area (Å²) in [5, 5.41) is 13.4. The summed E-state index contributed by atoms with van der Waals surface area (Å²) in [6, 6.07) is 16.1. The fourth-order valence-corrected chi connectivity index (χ4v) is 4.78. The van der Waals surface area contributed by atoms with Crippen LogP contribution in [0.25, 0.3) is 11.1 Å². The monoisotopic (exact) mass is 443 g/mol. The van der Waals surface area contributed by atoms with Gasteiger partial charge in [0.05, 0.1) is 10.2 Å². The highest BCUT2D eigenvalue weighted by molar-refractivity contribution is 9.10. The Morgan fingerprint density at radius 1 is 1.07 bits per heavy atom. The van der Waals surface area contributed by atoms with Crippen molar-refractivity contribution in [1.82, 2.24) is 0 Å². The van der Waals surface area contributed by atoms with E-state index in [4.69, 9.17) is 4.74 Å². The Bertz CT molecular complexity index is 1000. The molecule has 0 unspecified atom stereocenters. The van der Waals surface area contributed by atoms with E-state index in [1.165, 1.54) is 0 Å². The first-order chi connectivity index (χ1) is 13.1. The molecule has 0 radical (unpaired) electrons. The van der Waals surface area contributed by atoms with Crippen LogP contribution in [0, 0.1) is 0 Å². The molecule has 7 heteroatoms. The minimum atomic E-state index is -1.10. The molecule has 3 aromatic rings. The molecule has 0 atom stereocenters. The van der Waals surface area contributed by atoms with Crippen molar-refractivity contribution in [2.24, 2.45) is 0 Å². The molecule has 0 bridgehead atoms. The van der Waals surface area contributed by atoms with Crippen molar-refractivity contribution < 1.29 is 19.4 Å². The van der Waals surface area contributed by atoms with Crippen LogP contribution in [-0.4, -0.2) is 23.8 Å². The van der Waals surface area contributed by atoms with Crippen molar-refractivity contribution >= 4 is 45.0 Å². The molecule has 1 amide bonds. The van der Waals surface area contributed by atoms with Crippen molar-refractivity contribution in [1.29, 1.82) is 0 Å². The zero-order valence-corrected chi connectivity index (χ0v) is 16.3. The van der Waals surface area contributed by atoms with Crippen molar-refractivity contribution in [3.63, 3.8) is 0 Å². The number of carbonyl (C=O) groups excluding carboxylic acids is 1. The highest BCUT2D eigenvalue weighted by Crippen LogP contribution is 2.44. The van der Waals surface area contributed by atoms with Crippen LogP contribution >= 0.6 is 27.3 Å². The van der Waals surface area contributed by atoms with Gasteiger partial charge in [0, 0.05) is 11.3 Å². The van der Waals surface area contributed by atoms with Crippen molar-refractivity contribution in [3.05, 3.63) is 74.4 Å². The number of carbonyl (C=O) groups is 2. The van der Waals surface area contributed by atoms with E-state index in [2.05, 4.69) is 33.4 Å². The summed E-state index contributed by atoms with van der Waals surface area (Å²) in [5.41, 5.74) is 4.75. The molecule has 1 aromatic heterocycles. The molecule has 136 valence electrons. The lowest BCUT2D eigenvalue weighted by Gasteiger charge is -2.14. The number of anilines is 1. The lowest BCUT2D eigenvalue weighted by molar-refractivity contribution is 0.0703. The van der Waals surface area contributed by atoms with Crippen LogP contribution in [0.3, 0.4) is 0 Å². The number of rotatable bonds is 4. The molecular formula is C20H14BrNO4S. The van der Waals surface area contributed by atoms with Crippen LogP contribution in [0.1, 0.15) is 26.7 Å². The zero-order valence-electron chi connectivity index (χ0n) is 13.9. The number of fused-ring (bicyclic) bond motifs is 3. The molecular weight excluding hydrogens is 430 g/mol. The summed E-state index contributed by atoms with van der Waals surface area (Å²) in [5.74, 6) is -1.15. The Hall–Kier alpha value is -2.64. The highest BCUT2D eigenvalue weighted by atomic mass is 79.9. The third-order valence-electron chi connectivity index (χ3n) is 4.51. The topological polar surface area (TPSA) is 75.6 Å². The van der Waals surface area contributed by atoms with E-state index in [-0.39, 0.29) is 23.1 Å². The van der Waals surface area contributed by atoms with Crippen LogP contribution in [0.15, 0.2) is 58.4 Å². The molecule has 0 spiro atoms. The number of carboxylic acid groups (broad SMARTS) is 1. The summed E-state index contributed by atoms with van der Waals surface area (Å²) in [6.45, 7) is 0.171. The Morgan fingerprint density at radius 3 is 2.26 bits per heavy atom. The maximum atomic E-state index is 12.3. The van der Waals surface area contributed by atoms with Crippen molar-refractivity contribution in [2.45, 2.75) is 5.92 Å². The third kappa shape index (κ3) is 3.24. The van der Waals surface area contributed by atoms with Crippen LogP contribution in [0.2, 0.25) is 0 Å². The van der Waals surface area contributed by atoms with Gasteiger partial charge >= 0.3 is 12.1 Å². The average Bonchev–Trinajstić information content (AvgIpc) is 3.19. The van der Waals surface area contributed by atoms with Gasteiger partial charge in [-0.1, -0.05) is 48.5 Å². The molecule has 5 nitrogen and oxygen atoms in total. The van der Waals surface area contributed by atoms with Gasteiger partial charge in [0.15, 0.2) is 0 Å². The Labute approximate surface area is 167 Å². The van der Waals surface area contributed by atoms with E-state index >= 15 is 0 Å². The second-order valence-corrected chi connectivity index (χ2v) is 7.78. The Balaban J connectivity index is 1.52. The smallest absolute Gasteiger partial charge is 0.411 e. The van der Waals surface area contributed by atoms with Gasteiger partial charge in [-0.25, -0.2) is 9.59 Å². The number of hydrogen-bond donors (Lipinski definition) is 2. The number of carboxylic acids is 1. The van der Waals surface area contributed by atoms with Gasteiger partial charge in [-0.15, -0.1) is 11.3 Å². The average molecular weight is 444 g/mol. The number of aromatic carboxylic acids is 1. The third-order valence-corrected chi connectivity index (χ3v) is 6.41. The van der Waals surface area contributed by atoms with Gasteiger partial charge in [-0.2, -0.15) is 0 Å². The number of nitrogens with one attached hydrogen (secondary N) is 1. The van der Waals surface area contributed by atoms with Gasteiger partial charge in [-0.05, 0) is 38.2 Å². The summed E-state index contributed by atoms with van der Waals surface area (Å²) >= 11 is 4.29. The molecule has 0 aliphatic heterocycles. The number of benzene rings is 2. The molecule has 0 fully saturated rings. The molecule has 1 aliphatic rings. The minimum Gasteiger partial charge on any atom is -0.477 e. The Morgan fingerprint density at radius 2 is 1.67 bits per heavy atom. The van der Waals surface area contributed by atoms with Gasteiger partial charge in [0.2, 0.25) is 0 Å². The van der Waals surface area contributed by atoms with Crippen LogP contribution < -0.4 is 5.32 Å². The largest absolute Gasteiger partial charge is 0.477 e. The fraction of sp³-hybridized carbons (Fsp3) is 0.100. The minimum absolute atomic E-state index is 0.0481. The molecule has 27 heavy (non-hydrogen) atoms. The molecule has 0 saturated heterocycles. The van der Waals surface area contributed by atoms with Gasteiger partial charge < -0.3 is 9.84 Å². The second-order valence-electron chi connectivity index (χ2n) is 6.04. The van der Waals surface area contributed by atoms with E-state index in [0.29, 0.717) is 4.47 Å². The van der Waals surface area contributed by atoms with E-state index in [0.717, 1.165) is 33.6 Å². The van der Waals surface area contributed by atoms with Crippen LogP contribution in [0.5, 0.6) is 0 Å². The molecule has 0 saturated carbocycles. The molecule has 1 heterocycles. The zero-order chi connectivity index (χ0) is 19.0. The maximum Gasteiger partial charge on any atom is 0.411 e. The van der Waals surface area contributed by atoms with Crippen molar-refractivity contribution in [2.75, 3.05) is 11.9 Å². The number of thiophene rings is 1. The standard InChI is InChI=1S/C20H14BrNO4S/c21-16-10-27-18(19(23)24)17(16)22-20(25)26-9-15-13-7-3-1-5-11(13)12-6-2-4-8-14(12)15/h1-8,10,15H,9H2,(H,22,25)(H,23,24). The van der Waals surface area contributed by atoms with Gasteiger partial charge in [0.1, 0.15) is 11.5 Å². The summed E-state index contributed by atoms with van der Waals surface area (Å²) in [6.07, 6.45) is -0.682. The van der Waals surface area contributed by atoms with Gasteiger partial charge in [0.25, 0.3) is 0 Å². The summed E-state index contributed by atoms with van der Waals surface area (Å²) < 4.78 is 5.96. The second kappa shape index (κ2) is 7.17. The van der Waals surface area contributed by atoms with Crippen LogP contribution in [0.4, 0.5) is 10.5 Å². The van der Waals surface area contributed by atoms with E-state index in [1.807, 2.05) is 36.4 Å². The molecule has 2 aromatic carbocycles. The quantitative estimate of drug-likeness (QED) is 0.552. The maximum absolute atomic E-state index is 12.3. The Kier molecular flexibility index (Phi) is 4.72. The fourth-order valence-electron chi connectivity index (χ4n) is 3.35. The van der Waals surface area contributed by atoms with Crippen LogP contribution in [-0.2, 0) is 4.74 Å². The lowest BCUT2D eigenvalue weighted by atomic mass is 9.98. The van der Waals surface area contributed by atoms with Gasteiger partial charge in [-0.3, -0.25) is 5.32 Å². The summed E-state index contributed by atoms with van der Waals surface area (Å²) in [4.78, 5) is 23.6. The van der Waals surface area contributed by atoms with Crippen molar-refractivity contribution in [3.8, 4) is 11.1 Å². The predicted octanol–water partition coefficient (Wildman–Crippen LogP) is 5.57. The first-order valence-electron chi connectivity index (χ1n) is 8.18. The number of amides is 1. The number of ether oxygens (including phenoxy) is 1. The first kappa shape index (κ1) is 17.8. The number of hydrogen-bond acceptors (Lipinski definition) is 4. The van der Waals surface area contributed by atoms with E-state index in [1.54, 1.807) is 5.38 Å². The first-order valence-corrected chi connectivity index (χ1v) is 9.86. The van der Waals surface area contributed by atoms with E-state index in [9.17, 15) is 14.7 Å². The SMILES string of the molecule is O=C(Nc1c(Br)csc1C(=O)O)OCC1c2ccccc2-c2ccccc21. The highest BCUT2D eigenvalue weighted by Gasteiger charge is 2.29. The molecule has 1 aliphatic carbocycles. The normalized spacial score (nSPS) is 12.3. The molecule has 2 N–H and O–H groups in total. The number of halogens is 1. The molecule has 4 rings (SSSR count). The summed E-state index contributed by atoms with van der Waals surface area (Å²) in [7, 11) is 0. The predicted molar refractivity (Wildman–Crippen MR) is 108 cm³/mol. The lowest BCUT2D eigenvalue weighted by Crippen LogP contribution is -2.18. The van der Waals surface area contributed by atoms with E-state index < -0.39 is 12.1 Å².